The monoisotopic (exact) mass is 378 g/mol. The van der Waals surface area contributed by atoms with Gasteiger partial charge in [-0.3, -0.25) is 4.79 Å². The molecule has 0 N–H and O–H groups in total. The maximum atomic E-state index is 12.4. The van der Waals surface area contributed by atoms with Gasteiger partial charge in [0.15, 0.2) is 0 Å². The standard InChI is InChI=1S/C20H14N2O6/c1-11(23)26-15-8-5-13-9-16(20(24)27-17(13)10-15)19-21-18(22-28-19)12-3-6-14(25-2)7-4-12/h3-10H,1-2H3. The molecule has 140 valence electrons. The second kappa shape index (κ2) is 6.99. The number of aromatic nitrogens is 2. The minimum absolute atomic E-state index is 0.0468. The molecule has 2 heterocycles. The molecule has 0 aliphatic heterocycles. The third kappa shape index (κ3) is 3.35. The van der Waals surface area contributed by atoms with E-state index in [2.05, 4.69) is 10.1 Å². The van der Waals surface area contributed by atoms with Crippen molar-refractivity contribution in [1.29, 1.82) is 0 Å². The first-order chi connectivity index (χ1) is 13.5. The van der Waals surface area contributed by atoms with E-state index in [0.717, 1.165) is 0 Å². The van der Waals surface area contributed by atoms with Gasteiger partial charge in [0.25, 0.3) is 5.89 Å². The maximum absolute atomic E-state index is 12.4. The van der Waals surface area contributed by atoms with Crippen LogP contribution in [0, 0.1) is 0 Å². The van der Waals surface area contributed by atoms with Crippen molar-refractivity contribution in [1.82, 2.24) is 10.1 Å². The summed E-state index contributed by atoms with van der Waals surface area (Å²) in [5.74, 6) is 0.911. The zero-order valence-corrected chi connectivity index (χ0v) is 15.0. The highest BCUT2D eigenvalue weighted by Gasteiger charge is 2.16. The number of benzene rings is 2. The molecule has 0 aliphatic rings. The number of hydrogen-bond acceptors (Lipinski definition) is 8. The molecule has 8 nitrogen and oxygen atoms in total. The first-order valence-electron chi connectivity index (χ1n) is 8.28. The second-order valence-corrected chi connectivity index (χ2v) is 5.89. The van der Waals surface area contributed by atoms with Gasteiger partial charge in [-0.05, 0) is 42.5 Å². The molecule has 0 saturated heterocycles. The lowest BCUT2D eigenvalue weighted by molar-refractivity contribution is -0.131. The van der Waals surface area contributed by atoms with Gasteiger partial charge in [-0.15, -0.1) is 0 Å². The molecule has 4 aromatic rings. The number of carbonyl (C=O) groups excluding carboxylic acids is 1. The summed E-state index contributed by atoms with van der Waals surface area (Å²) in [5.41, 5.74) is 0.492. The fraction of sp³-hybridized carbons (Fsp3) is 0.100. The van der Waals surface area contributed by atoms with Crippen molar-refractivity contribution in [3.05, 3.63) is 59.0 Å². The van der Waals surface area contributed by atoms with Crippen molar-refractivity contribution in [3.8, 4) is 34.3 Å². The van der Waals surface area contributed by atoms with Crippen LogP contribution in [0.3, 0.4) is 0 Å². The minimum Gasteiger partial charge on any atom is -0.497 e. The van der Waals surface area contributed by atoms with E-state index in [4.69, 9.17) is 18.4 Å². The molecule has 0 unspecified atom stereocenters. The van der Waals surface area contributed by atoms with Crippen molar-refractivity contribution in [2.75, 3.05) is 7.11 Å². The van der Waals surface area contributed by atoms with Gasteiger partial charge in [0.1, 0.15) is 22.6 Å². The number of rotatable bonds is 4. The normalized spacial score (nSPS) is 10.8. The van der Waals surface area contributed by atoms with Crippen LogP contribution in [-0.2, 0) is 4.79 Å². The first-order valence-corrected chi connectivity index (χ1v) is 8.28. The largest absolute Gasteiger partial charge is 0.497 e. The van der Waals surface area contributed by atoms with Crippen molar-refractivity contribution >= 4 is 16.9 Å². The number of fused-ring (bicyclic) bond motifs is 1. The van der Waals surface area contributed by atoms with Crippen LogP contribution in [0.25, 0.3) is 33.8 Å². The van der Waals surface area contributed by atoms with Gasteiger partial charge in [0.2, 0.25) is 5.82 Å². The molecule has 0 amide bonds. The molecule has 4 rings (SSSR count). The summed E-state index contributed by atoms with van der Waals surface area (Å²) in [6.45, 7) is 1.29. The lowest BCUT2D eigenvalue weighted by Gasteiger charge is -2.03. The van der Waals surface area contributed by atoms with Crippen LogP contribution in [0.1, 0.15) is 6.92 Å². The molecule has 0 spiro atoms. The quantitative estimate of drug-likeness (QED) is 0.302. The number of ether oxygens (including phenoxy) is 2. The summed E-state index contributed by atoms with van der Waals surface area (Å²) >= 11 is 0. The van der Waals surface area contributed by atoms with Crippen LogP contribution >= 0.6 is 0 Å². The average Bonchev–Trinajstić information content (AvgIpc) is 3.17. The summed E-state index contributed by atoms with van der Waals surface area (Å²) in [6.07, 6.45) is 0. The van der Waals surface area contributed by atoms with E-state index >= 15 is 0 Å². The Labute approximate surface area is 158 Å². The molecule has 2 aromatic carbocycles. The predicted molar refractivity (Wildman–Crippen MR) is 99.1 cm³/mol. The highest BCUT2D eigenvalue weighted by Crippen LogP contribution is 2.26. The lowest BCUT2D eigenvalue weighted by atomic mass is 10.1. The molecule has 0 saturated carbocycles. The Morgan fingerprint density at radius 3 is 2.50 bits per heavy atom. The van der Waals surface area contributed by atoms with E-state index < -0.39 is 11.6 Å². The molecule has 0 bridgehead atoms. The Morgan fingerprint density at radius 2 is 1.79 bits per heavy atom. The van der Waals surface area contributed by atoms with Crippen LogP contribution in [0.15, 0.2) is 62.3 Å². The van der Waals surface area contributed by atoms with Gasteiger partial charge in [-0.25, -0.2) is 4.79 Å². The van der Waals surface area contributed by atoms with Gasteiger partial charge in [0, 0.05) is 23.9 Å². The molecule has 0 fully saturated rings. The van der Waals surface area contributed by atoms with Gasteiger partial charge in [-0.1, -0.05) is 5.16 Å². The van der Waals surface area contributed by atoms with Gasteiger partial charge >= 0.3 is 11.6 Å². The fourth-order valence-corrected chi connectivity index (χ4v) is 2.66. The van der Waals surface area contributed by atoms with Gasteiger partial charge in [0.05, 0.1) is 7.11 Å². The topological polar surface area (TPSA) is 105 Å². The van der Waals surface area contributed by atoms with E-state index in [0.29, 0.717) is 22.5 Å². The highest BCUT2D eigenvalue weighted by molar-refractivity contribution is 5.82. The summed E-state index contributed by atoms with van der Waals surface area (Å²) < 4.78 is 20.7. The SMILES string of the molecule is COc1ccc(-c2noc(-c3cc4ccc(OC(C)=O)cc4oc3=O)n2)cc1. The van der Waals surface area contributed by atoms with Crippen molar-refractivity contribution in [3.63, 3.8) is 0 Å². The van der Waals surface area contributed by atoms with E-state index in [-0.39, 0.29) is 22.8 Å². The van der Waals surface area contributed by atoms with Gasteiger partial charge in [-0.2, -0.15) is 4.98 Å². The minimum atomic E-state index is -0.641. The second-order valence-electron chi connectivity index (χ2n) is 5.89. The Morgan fingerprint density at radius 1 is 1.04 bits per heavy atom. The Balaban J connectivity index is 1.70. The van der Waals surface area contributed by atoms with Gasteiger partial charge < -0.3 is 18.4 Å². The van der Waals surface area contributed by atoms with Crippen LogP contribution in [-0.4, -0.2) is 23.2 Å². The Hall–Kier alpha value is -3.94. The fourth-order valence-electron chi connectivity index (χ4n) is 2.66. The van der Waals surface area contributed by atoms with E-state index in [1.165, 1.54) is 13.0 Å². The zero-order chi connectivity index (χ0) is 19.7. The molecule has 0 aliphatic carbocycles. The molecule has 8 heteroatoms. The maximum Gasteiger partial charge on any atom is 0.349 e. The Kier molecular flexibility index (Phi) is 4.36. The van der Waals surface area contributed by atoms with E-state index in [9.17, 15) is 9.59 Å². The number of nitrogens with zero attached hydrogens (tertiary/aromatic N) is 2. The number of esters is 1. The molecule has 2 aromatic heterocycles. The zero-order valence-electron chi connectivity index (χ0n) is 15.0. The summed E-state index contributed by atoms with van der Waals surface area (Å²) in [6, 6.07) is 13.4. The first kappa shape index (κ1) is 17.5. The van der Waals surface area contributed by atoms with Crippen molar-refractivity contribution in [2.24, 2.45) is 0 Å². The van der Waals surface area contributed by atoms with Crippen LogP contribution in [0.5, 0.6) is 11.5 Å². The average molecular weight is 378 g/mol. The molecule has 0 atom stereocenters. The third-order valence-corrected chi connectivity index (χ3v) is 3.97. The van der Waals surface area contributed by atoms with Crippen LogP contribution in [0.2, 0.25) is 0 Å². The number of methoxy groups -OCH3 is 1. The summed E-state index contributed by atoms with van der Waals surface area (Å²) in [7, 11) is 1.58. The van der Waals surface area contributed by atoms with Crippen LogP contribution in [0.4, 0.5) is 0 Å². The van der Waals surface area contributed by atoms with Crippen molar-refractivity contribution < 1.29 is 23.2 Å². The lowest BCUT2D eigenvalue weighted by Crippen LogP contribution is -2.04. The molecule has 28 heavy (non-hydrogen) atoms. The van der Waals surface area contributed by atoms with Crippen LogP contribution < -0.4 is 15.1 Å². The van der Waals surface area contributed by atoms with E-state index in [1.807, 2.05) is 0 Å². The molecular formula is C20H14N2O6. The molecule has 0 radical (unpaired) electrons. The molecular weight excluding hydrogens is 364 g/mol. The smallest absolute Gasteiger partial charge is 0.349 e. The van der Waals surface area contributed by atoms with E-state index in [1.54, 1.807) is 49.6 Å². The Bertz CT molecular complexity index is 1220. The summed E-state index contributed by atoms with van der Waals surface area (Å²) in [4.78, 5) is 27.7. The predicted octanol–water partition coefficient (Wildman–Crippen LogP) is 3.44. The number of carbonyl (C=O) groups is 1. The number of hydrogen-bond donors (Lipinski definition) is 0. The third-order valence-electron chi connectivity index (χ3n) is 3.97. The summed E-state index contributed by atoms with van der Waals surface area (Å²) in [5, 5.41) is 4.54. The van der Waals surface area contributed by atoms with Crippen molar-refractivity contribution in [2.45, 2.75) is 6.92 Å². The highest BCUT2D eigenvalue weighted by atomic mass is 16.5.